The van der Waals surface area contributed by atoms with E-state index in [-0.39, 0.29) is 0 Å². The molecule has 0 aromatic carbocycles. The van der Waals surface area contributed by atoms with Gasteiger partial charge in [-0.25, -0.2) is 0 Å². The first-order valence-electron chi connectivity index (χ1n) is 6.73. The number of rotatable bonds is 0. The highest BCUT2D eigenvalue weighted by molar-refractivity contribution is 9.09. The largest absolute Gasteiger partial charge is 0.299 e. The van der Waals surface area contributed by atoms with Gasteiger partial charge in [-0.1, -0.05) is 29.8 Å². The van der Waals surface area contributed by atoms with E-state index in [1.54, 1.807) is 0 Å². The SMILES string of the molecule is C[C@H]1[C@@H](Br)[C@H]2C[C@@]3(CCC2=O)[C@H](C)CC[C@H]13. The third-order valence-corrected chi connectivity index (χ3v) is 7.47. The zero-order chi connectivity index (χ0) is 11.5. The molecule has 0 aromatic heterocycles. The summed E-state index contributed by atoms with van der Waals surface area (Å²) in [6.07, 6.45) is 5.98. The van der Waals surface area contributed by atoms with Gasteiger partial charge in [-0.05, 0) is 48.9 Å². The fourth-order valence-corrected chi connectivity index (χ4v) is 5.84. The zero-order valence-electron chi connectivity index (χ0n) is 10.2. The standard InChI is InChI=1S/C14H21BrO/c1-8-3-4-11-9(2)13(15)10-7-14(8,11)6-5-12(10)16/h8-11,13H,3-7H2,1-2H3/t8-,9-,10+,11-,13-,14+/m1/s1. The van der Waals surface area contributed by atoms with Crippen LogP contribution in [0.5, 0.6) is 0 Å². The highest BCUT2D eigenvalue weighted by Crippen LogP contribution is 2.64. The van der Waals surface area contributed by atoms with Gasteiger partial charge in [-0.15, -0.1) is 0 Å². The van der Waals surface area contributed by atoms with Gasteiger partial charge in [-0.2, -0.15) is 0 Å². The van der Waals surface area contributed by atoms with Crippen molar-refractivity contribution >= 4 is 21.7 Å². The Morgan fingerprint density at radius 1 is 1.31 bits per heavy atom. The summed E-state index contributed by atoms with van der Waals surface area (Å²) in [5.74, 6) is 3.25. The van der Waals surface area contributed by atoms with Crippen LogP contribution in [0.2, 0.25) is 0 Å². The van der Waals surface area contributed by atoms with E-state index in [0.717, 1.165) is 18.3 Å². The lowest BCUT2D eigenvalue weighted by Crippen LogP contribution is -2.52. The summed E-state index contributed by atoms with van der Waals surface area (Å²) in [6.45, 7) is 4.79. The number of Topliss-reactive ketones (excluding diaryl/α,β-unsaturated/α-hetero) is 1. The van der Waals surface area contributed by atoms with E-state index in [1.165, 1.54) is 25.7 Å². The van der Waals surface area contributed by atoms with E-state index in [2.05, 4.69) is 29.8 Å². The van der Waals surface area contributed by atoms with E-state index in [9.17, 15) is 4.79 Å². The molecule has 2 bridgehead atoms. The van der Waals surface area contributed by atoms with Crippen molar-refractivity contribution in [2.75, 3.05) is 0 Å². The lowest BCUT2D eigenvalue weighted by atomic mass is 9.52. The molecule has 16 heavy (non-hydrogen) atoms. The van der Waals surface area contributed by atoms with Crippen molar-refractivity contribution in [3.8, 4) is 0 Å². The number of halogens is 1. The number of fused-ring (bicyclic) bond motifs is 1. The first kappa shape index (κ1) is 11.3. The Hall–Kier alpha value is 0.150. The highest BCUT2D eigenvalue weighted by Gasteiger charge is 2.59. The van der Waals surface area contributed by atoms with Crippen LogP contribution in [0, 0.1) is 29.1 Å². The molecule has 0 saturated heterocycles. The van der Waals surface area contributed by atoms with Crippen molar-refractivity contribution in [2.24, 2.45) is 29.1 Å². The average molecular weight is 285 g/mol. The van der Waals surface area contributed by atoms with Crippen molar-refractivity contribution in [3.05, 3.63) is 0 Å². The Balaban J connectivity index is 2.01. The lowest BCUT2D eigenvalue weighted by molar-refractivity contribution is -0.134. The maximum atomic E-state index is 12.0. The summed E-state index contributed by atoms with van der Waals surface area (Å²) < 4.78 is 0. The number of carbonyl (C=O) groups excluding carboxylic acids is 1. The summed E-state index contributed by atoms with van der Waals surface area (Å²) in [5, 5.41) is 0. The molecule has 0 amide bonds. The number of carbonyl (C=O) groups is 1. The van der Waals surface area contributed by atoms with Gasteiger partial charge in [0.05, 0.1) is 0 Å². The van der Waals surface area contributed by atoms with Crippen LogP contribution in [-0.4, -0.2) is 10.6 Å². The highest BCUT2D eigenvalue weighted by atomic mass is 79.9. The van der Waals surface area contributed by atoms with Crippen LogP contribution < -0.4 is 0 Å². The first-order valence-corrected chi connectivity index (χ1v) is 7.64. The molecule has 0 aromatic rings. The van der Waals surface area contributed by atoms with Crippen molar-refractivity contribution in [1.82, 2.24) is 0 Å². The van der Waals surface area contributed by atoms with E-state index in [1.807, 2.05) is 0 Å². The molecule has 0 N–H and O–H groups in total. The van der Waals surface area contributed by atoms with Gasteiger partial charge in [0.2, 0.25) is 0 Å². The summed E-state index contributed by atoms with van der Waals surface area (Å²) in [4.78, 5) is 12.5. The van der Waals surface area contributed by atoms with Gasteiger partial charge >= 0.3 is 0 Å². The molecule has 3 rings (SSSR count). The minimum absolute atomic E-state index is 0.320. The van der Waals surface area contributed by atoms with Crippen LogP contribution >= 0.6 is 15.9 Å². The molecule has 3 fully saturated rings. The summed E-state index contributed by atoms with van der Waals surface area (Å²) in [7, 11) is 0. The van der Waals surface area contributed by atoms with Crippen LogP contribution in [0.15, 0.2) is 0 Å². The first-order chi connectivity index (χ1) is 7.56. The smallest absolute Gasteiger partial charge is 0.137 e. The van der Waals surface area contributed by atoms with Gasteiger partial charge in [0.1, 0.15) is 5.78 Å². The molecule has 3 aliphatic rings. The van der Waals surface area contributed by atoms with Crippen molar-refractivity contribution < 1.29 is 4.79 Å². The molecule has 3 saturated carbocycles. The average Bonchev–Trinajstić information content (AvgIpc) is 2.58. The van der Waals surface area contributed by atoms with Crippen LogP contribution in [0.4, 0.5) is 0 Å². The number of hydrogen-bond donors (Lipinski definition) is 0. The molecule has 0 heterocycles. The molecule has 3 aliphatic carbocycles. The minimum Gasteiger partial charge on any atom is -0.299 e. The molecule has 90 valence electrons. The van der Waals surface area contributed by atoms with Crippen LogP contribution in [0.25, 0.3) is 0 Å². The predicted octanol–water partition coefficient (Wildman–Crippen LogP) is 3.80. The van der Waals surface area contributed by atoms with Crippen molar-refractivity contribution in [3.63, 3.8) is 0 Å². The van der Waals surface area contributed by atoms with E-state index >= 15 is 0 Å². The topological polar surface area (TPSA) is 17.1 Å². The summed E-state index contributed by atoms with van der Waals surface area (Å²) in [5.41, 5.74) is 0.530. The summed E-state index contributed by atoms with van der Waals surface area (Å²) in [6, 6.07) is 0. The second-order valence-electron chi connectivity index (χ2n) is 6.40. The molecule has 0 radical (unpaired) electrons. The van der Waals surface area contributed by atoms with Gasteiger partial charge in [0.15, 0.2) is 0 Å². The molecule has 0 aliphatic heterocycles. The molecule has 1 nitrogen and oxygen atoms in total. The van der Waals surface area contributed by atoms with Crippen molar-refractivity contribution in [2.45, 2.75) is 50.8 Å². The maximum Gasteiger partial charge on any atom is 0.137 e. The minimum atomic E-state index is 0.320. The van der Waals surface area contributed by atoms with Gasteiger partial charge < -0.3 is 0 Å². The summed E-state index contributed by atoms with van der Waals surface area (Å²) >= 11 is 3.81. The van der Waals surface area contributed by atoms with Gasteiger partial charge in [0, 0.05) is 17.2 Å². The molecular weight excluding hydrogens is 264 g/mol. The lowest BCUT2D eigenvalue weighted by Gasteiger charge is -2.54. The predicted molar refractivity (Wildman–Crippen MR) is 68.5 cm³/mol. The third-order valence-electron chi connectivity index (χ3n) is 6.00. The fourth-order valence-electron chi connectivity index (χ4n) is 4.99. The van der Waals surface area contributed by atoms with E-state index < -0.39 is 0 Å². The Morgan fingerprint density at radius 3 is 2.81 bits per heavy atom. The monoisotopic (exact) mass is 284 g/mol. The number of hydrogen-bond acceptors (Lipinski definition) is 1. The Kier molecular flexibility index (Phi) is 2.51. The normalized spacial score (nSPS) is 56.2. The van der Waals surface area contributed by atoms with Crippen LogP contribution in [0.3, 0.4) is 0 Å². The Bertz CT molecular complexity index is 327. The Morgan fingerprint density at radius 2 is 2.06 bits per heavy atom. The maximum absolute atomic E-state index is 12.0. The number of ketones is 1. The van der Waals surface area contributed by atoms with Crippen LogP contribution in [0.1, 0.15) is 46.0 Å². The Labute approximate surface area is 106 Å². The second-order valence-corrected chi connectivity index (χ2v) is 7.46. The molecular formula is C14H21BrO. The third kappa shape index (κ3) is 1.26. The van der Waals surface area contributed by atoms with Gasteiger partial charge in [-0.3, -0.25) is 4.79 Å². The molecule has 6 atom stereocenters. The molecule has 2 heteroatoms. The fraction of sp³-hybridized carbons (Fsp3) is 0.929. The quantitative estimate of drug-likeness (QED) is 0.619. The molecule has 1 spiro atoms. The number of alkyl halides is 1. The zero-order valence-corrected chi connectivity index (χ0v) is 11.8. The van der Waals surface area contributed by atoms with Gasteiger partial charge in [0.25, 0.3) is 0 Å². The van der Waals surface area contributed by atoms with Crippen molar-refractivity contribution in [1.29, 1.82) is 0 Å². The van der Waals surface area contributed by atoms with E-state index in [0.29, 0.717) is 27.9 Å². The van der Waals surface area contributed by atoms with Crippen LogP contribution in [-0.2, 0) is 4.79 Å². The molecule has 0 unspecified atom stereocenters. The van der Waals surface area contributed by atoms with E-state index in [4.69, 9.17) is 0 Å². The second kappa shape index (κ2) is 3.57.